The molecule has 0 spiro atoms. The van der Waals surface area contributed by atoms with E-state index < -0.39 is 0 Å². The Kier molecular flexibility index (Phi) is 7.49. The minimum absolute atomic E-state index is 0.0666. The van der Waals surface area contributed by atoms with Crippen LogP contribution in [0.3, 0.4) is 0 Å². The molecule has 2 amide bonds. The maximum absolute atomic E-state index is 12.9. The third-order valence-electron chi connectivity index (χ3n) is 5.93. The highest BCUT2D eigenvalue weighted by molar-refractivity contribution is 6.04. The minimum atomic E-state index is -0.241. The van der Waals surface area contributed by atoms with E-state index in [-0.39, 0.29) is 17.7 Å². The summed E-state index contributed by atoms with van der Waals surface area (Å²) in [5, 5.41) is 9.79. The molecule has 0 bridgehead atoms. The SMILES string of the molecule is C=CCNC(=O)c1ccccc1NC(=O)C1CCN(Cc2nc(-c3ccc(C)cc3)no2)CC1. The molecular weight excluding hydrogens is 430 g/mol. The zero-order valence-corrected chi connectivity index (χ0v) is 19.3. The van der Waals surface area contributed by atoms with Crippen molar-refractivity contribution in [2.45, 2.75) is 26.3 Å². The molecule has 2 N–H and O–H groups in total. The van der Waals surface area contributed by atoms with Crippen molar-refractivity contribution in [2.24, 2.45) is 5.92 Å². The molecule has 0 radical (unpaired) electrons. The number of piperidine rings is 1. The van der Waals surface area contributed by atoms with Crippen molar-refractivity contribution in [1.82, 2.24) is 20.4 Å². The van der Waals surface area contributed by atoms with Crippen LogP contribution in [0.4, 0.5) is 5.69 Å². The van der Waals surface area contributed by atoms with Gasteiger partial charge in [0.15, 0.2) is 0 Å². The van der Waals surface area contributed by atoms with Crippen molar-refractivity contribution in [3.63, 3.8) is 0 Å². The van der Waals surface area contributed by atoms with Crippen molar-refractivity contribution in [3.8, 4) is 11.4 Å². The second kappa shape index (κ2) is 10.9. The summed E-state index contributed by atoms with van der Waals surface area (Å²) < 4.78 is 5.44. The van der Waals surface area contributed by atoms with E-state index >= 15 is 0 Å². The number of hydrogen-bond acceptors (Lipinski definition) is 6. The van der Waals surface area contributed by atoms with Gasteiger partial charge in [-0.25, -0.2) is 0 Å². The third-order valence-corrected chi connectivity index (χ3v) is 5.93. The van der Waals surface area contributed by atoms with Crippen LogP contribution in [0.15, 0.2) is 65.7 Å². The monoisotopic (exact) mass is 459 g/mol. The Bertz CT molecular complexity index is 1150. The van der Waals surface area contributed by atoms with Gasteiger partial charge in [0.1, 0.15) is 0 Å². The third kappa shape index (κ3) is 5.77. The van der Waals surface area contributed by atoms with E-state index in [9.17, 15) is 9.59 Å². The average molecular weight is 460 g/mol. The number of benzene rings is 2. The fourth-order valence-electron chi connectivity index (χ4n) is 3.97. The van der Waals surface area contributed by atoms with E-state index in [2.05, 4.69) is 32.3 Å². The Labute approximate surface area is 199 Å². The van der Waals surface area contributed by atoms with Crippen LogP contribution in [-0.2, 0) is 11.3 Å². The first-order valence-electron chi connectivity index (χ1n) is 11.4. The van der Waals surface area contributed by atoms with E-state index in [1.54, 1.807) is 30.3 Å². The Balaban J connectivity index is 1.30. The van der Waals surface area contributed by atoms with Crippen LogP contribution >= 0.6 is 0 Å². The van der Waals surface area contributed by atoms with Crippen molar-refractivity contribution in [1.29, 1.82) is 0 Å². The van der Waals surface area contributed by atoms with Crippen molar-refractivity contribution in [2.75, 3.05) is 25.0 Å². The fraction of sp³-hybridized carbons (Fsp3) is 0.308. The molecule has 0 saturated carbocycles. The van der Waals surface area contributed by atoms with Gasteiger partial charge in [0.05, 0.1) is 17.8 Å². The summed E-state index contributed by atoms with van der Waals surface area (Å²) in [5.41, 5.74) is 3.06. The van der Waals surface area contributed by atoms with Crippen LogP contribution < -0.4 is 10.6 Å². The number of aryl methyl sites for hydroxylation is 1. The molecule has 0 unspecified atom stereocenters. The fourth-order valence-corrected chi connectivity index (χ4v) is 3.97. The highest BCUT2D eigenvalue weighted by atomic mass is 16.5. The van der Waals surface area contributed by atoms with Gasteiger partial charge >= 0.3 is 0 Å². The van der Waals surface area contributed by atoms with Gasteiger partial charge in [-0.3, -0.25) is 14.5 Å². The van der Waals surface area contributed by atoms with Crippen LogP contribution in [-0.4, -0.2) is 46.5 Å². The molecule has 1 aromatic heterocycles. The molecule has 3 aromatic rings. The predicted molar refractivity (Wildman–Crippen MR) is 130 cm³/mol. The molecule has 1 fully saturated rings. The smallest absolute Gasteiger partial charge is 0.253 e. The van der Waals surface area contributed by atoms with Crippen LogP contribution in [0.5, 0.6) is 0 Å². The molecule has 8 nitrogen and oxygen atoms in total. The number of carbonyl (C=O) groups is 2. The molecule has 1 aliphatic rings. The van der Waals surface area contributed by atoms with E-state index in [1.165, 1.54) is 5.56 Å². The Hall–Kier alpha value is -3.78. The number of amides is 2. The standard InChI is InChI=1S/C26H29N5O3/c1-3-14-27-26(33)21-6-4-5-7-22(21)28-25(32)20-12-15-31(16-13-20)17-23-29-24(30-34-23)19-10-8-18(2)9-11-19/h3-11,20H,1,12-17H2,2H3,(H,27,33)(H,28,32). The van der Waals surface area contributed by atoms with E-state index in [1.807, 2.05) is 31.2 Å². The minimum Gasteiger partial charge on any atom is -0.349 e. The van der Waals surface area contributed by atoms with Crippen molar-refractivity contribution >= 4 is 17.5 Å². The molecule has 176 valence electrons. The second-order valence-corrected chi connectivity index (χ2v) is 8.46. The average Bonchev–Trinajstić information content (AvgIpc) is 3.32. The number of hydrogen-bond donors (Lipinski definition) is 2. The molecule has 0 atom stereocenters. The number of carbonyl (C=O) groups excluding carboxylic acids is 2. The Morgan fingerprint density at radius 2 is 1.88 bits per heavy atom. The first kappa shape index (κ1) is 23.4. The number of para-hydroxylation sites is 1. The van der Waals surface area contributed by atoms with Gasteiger partial charge < -0.3 is 15.2 Å². The summed E-state index contributed by atoms with van der Waals surface area (Å²) in [4.78, 5) is 32.0. The summed E-state index contributed by atoms with van der Waals surface area (Å²) >= 11 is 0. The highest BCUT2D eigenvalue weighted by Crippen LogP contribution is 2.23. The number of likely N-dealkylation sites (tertiary alicyclic amines) is 1. The van der Waals surface area contributed by atoms with Gasteiger partial charge in [-0.05, 0) is 45.0 Å². The lowest BCUT2D eigenvalue weighted by Gasteiger charge is -2.30. The second-order valence-electron chi connectivity index (χ2n) is 8.46. The first-order valence-corrected chi connectivity index (χ1v) is 11.4. The quantitative estimate of drug-likeness (QED) is 0.497. The molecule has 1 saturated heterocycles. The summed E-state index contributed by atoms with van der Waals surface area (Å²) in [6.45, 7) is 8.07. The number of anilines is 1. The van der Waals surface area contributed by atoms with Gasteiger partial charge in [-0.2, -0.15) is 4.98 Å². The van der Waals surface area contributed by atoms with Crippen molar-refractivity contribution < 1.29 is 14.1 Å². The molecule has 8 heteroatoms. The Morgan fingerprint density at radius 1 is 1.15 bits per heavy atom. The summed E-state index contributed by atoms with van der Waals surface area (Å²) in [6.07, 6.45) is 3.05. The highest BCUT2D eigenvalue weighted by Gasteiger charge is 2.27. The summed E-state index contributed by atoms with van der Waals surface area (Å²) in [5.74, 6) is 0.725. The zero-order valence-electron chi connectivity index (χ0n) is 19.3. The lowest BCUT2D eigenvalue weighted by atomic mass is 9.95. The molecule has 2 heterocycles. The lowest BCUT2D eigenvalue weighted by molar-refractivity contribution is -0.121. The topological polar surface area (TPSA) is 100 Å². The molecular formula is C26H29N5O3. The van der Waals surface area contributed by atoms with Gasteiger partial charge in [0.2, 0.25) is 17.6 Å². The van der Waals surface area contributed by atoms with Gasteiger partial charge in [-0.15, -0.1) is 6.58 Å². The predicted octanol–water partition coefficient (Wildman–Crippen LogP) is 3.81. The molecule has 2 aromatic carbocycles. The maximum atomic E-state index is 12.9. The Morgan fingerprint density at radius 3 is 2.62 bits per heavy atom. The largest absolute Gasteiger partial charge is 0.349 e. The first-order chi connectivity index (χ1) is 16.5. The van der Waals surface area contributed by atoms with Crippen LogP contribution in [0.1, 0.15) is 34.7 Å². The van der Waals surface area contributed by atoms with Gasteiger partial charge in [0.25, 0.3) is 5.91 Å². The number of rotatable bonds is 8. The number of nitrogens with one attached hydrogen (secondary N) is 2. The molecule has 4 rings (SSSR count). The number of nitrogens with zero attached hydrogens (tertiary/aromatic N) is 3. The van der Waals surface area contributed by atoms with Crippen LogP contribution in [0.2, 0.25) is 0 Å². The van der Waals surface area contributed by atoms with Gasteiger partial charge in [-0.1, -0.05) is 53.2 Å². The zero-order chi connectivity index (χ0) is 23.9. The number of aromatic nitrogens is 2. The summed E-state index contributed by atoms with van der Waals surface area (Å²) in [7, 11) is 0. The molecule has 0 aliphatic carbocycles. The maximum Gasteiger partial charge on any atom is 0.253 e. The van der Waals surface area contributed by atoms with Crippen molar-refractivity contribution in [3.05, 3.63) is 78.2 Å². The molecule has 1 aliphatic heterocycles. The molecule has 34 heavy (non-hydrogen) atoms. The van der Waals surface area contributed by atoms with Crippen LogP contribution in [0.25, 0.3) is 11.4 Å². The van der Waals surface area contributed by atoms with Crippen LogP contribution in [0, 0.1) is 12.8 Å². The van der Waals surface area contributed by atoms with E-state index in [4.69, 9.17) is 4.52 Å². The summed E-state index contributed by atoms with van der Waals surface area (Å²) in [6, 6.07) is 15.0. The van der Waals surface area contributed by atoms with Gasteiger partial charge in [0, 0.05) is 18.0 Å². The lowest BCUT2D eigenvalue weighted by Crippen LogP contribution is -2.38. The normalized spacial score (nSPS) is 14.5. The van der Waals surface area contributed by atoms with E-state index in [0.717, 1.165) is 31.5 Å². The van der Waals surface area contributed by atoms with E-state index in [0.29, 0.717) is 36.1 Å².